The van der Waals surface area contributed by atoms with Crippen LogP contribution in [-0.4, -0.2) is 41.8 Å². The predicted molar refractivity (Wildman–Crippen MR) is 175 cm³/mol. The molecule has 5 aromatic rings. The summed E-state index contributed by atoms with van der Waals surface area (Å²) < 4.78 is 12.4. The molecule has 1 saturated heterocycles. The third-order valence-corrected chi connectivity index (χ3v) is 10.8. The van der Waals surface area contributed by atoms with Gasteiger partial charge in [-0.25, -0.2) is 4.90 Å². The van der Waals surface area contributed by atoms with Gasteiger partial charge in [0.05, 0.1) is 30.9 Å². The van der Waals surface area contributed by atoms with E-state index in [2.05, 4.69) is 5.32 Å². The SMILES string of the molecule is COc1ccc(N2C(=O)[C@H]3[C@H](c4ccccc4OC)c4sc(=O)n(CC(=O)Nc5cccc6ccccc56)c4S[C@H]3C2=O)cc1. The summed E-state index contributed by atoms with van der Waals surface area (Å²) in [6, 6.07) is 27.4. The minimum Gasteiger partial charge on any atom is -0.497 e. The van der Waals surface area contributed by atoms with Crippen molar-refractivity contribution in [2.75, 3.05) is 24.4 Å². The Labute approximate surface area is 266 Å². The molecular formula is C34H27N3O6S2. The number of carbonyl (C=O) groups excluding carboxylic acids is 3. The molecule has 11 heteroatoms. The quantitative estimate of drug-likeness (QED) is 0.235. The van der Waals surface area contributed by atoms with Crippen LogP contribution >= 0.6 is 23.1 Å². The van der Waals surface area contributed by atoms with Gasteiger partial charge in [-0.15, -0.1) is 0 Å². The van der Waals surface area contributed by atoms with E-state index < -0.39 is 17.1 Å². The molecule has 1 N–H and O–H groups in total. The highest BCUT2D eigenvalue weighted by Crippen LogP contribution is 2.55. The second-order valence-corrected chi connectivity index (χ2v) is 12.8. The number of benzene rings is 4. The van der Waals surface area contributed by atoms with Crippen LogP contribution in [-0.2, 0) is 20.9 Å². The van der Waals surface area contributed by atoms with E-state index in [4.69, 9.17) is 9.47 Å². The van der Waals surface area contributed by atoms with Gasteiger partial charge >= 0.3 is 4.87 Å². The number of thioether (sulfide) groups is 1. The molecule has 3 amide bonds. The summed E-state index contributed by atoms with van der Waals surface area (Å²) in [5, 5.41) is 4.51. The number of anilines is 2. The first-order chi connectivity index (χ1) is 21.9. The topological polar surface area (TPSA) is 107 Å². The van der Waals surface area contributed by atoms with Gasteiger partial charge in [0.25, 0.3) is 0 Å². The Balaban J connectivity index is 1.29. The molecule has 9 nitrogen and oxygen atoms in total. The van der Waals surface area contributed by atoms with E-state index in [0.29, 0.717) is 38.3 Å². The summed E-state index contributed by atoms with van der Waals surface area (Å²) in [5.74, 6) is -1.39. The van der Waals surface area contributed by atoms with Gasteiger partial charge in [0.15, 0.2) is 0 Å². The number of para-hydroxylation sites is 1. The van der Waals surface area contributed by atoms with Gasteiger partial charge in [0.1, 0.15) is 23.3 Å². The molecule has 226 valence electrons. The number of nitrogens with one attached hydrogen (secondary N) is 1. The molecular weight excluding hydrogens is 611 g/mol. The predicted octanol–water partition coefficient (Wildman–Crippen LogP) is 5.51. The van der Waals surface area contributed by atoms with Gasteiger partial charge in [0.2, 0.25) is 17.7 Å². The summed E-state index contributed by atoms with van der Waals surface area (Å²) in [5.41, 5.74) is 1.78. The van der Waals surface area contributed by atoms with E-state index in [1.54, 1.807) is 44.6 Å². The zero-order valence-electron chi connectivity index (χ0n) is 24.3. The molecule has 0 spiro atoms. The van der Waals surface area contributed by atoms with Crippen LogP contribution in [0.2, 0.25) is 0 Å². The molecule has 0 aliphatic carbocycles. The highest BCUT2D eigenvalue weighted by molar-refractivity contribution is 8.00. The van der Waals surface area contributed by atoms with Gasteiger partial charge in [-0.2, -0.15) is 0 Å². The lowest BCUT2D eigenvalue weighted by Crippen LogP contribution is -2.33. The summed E-state index contributed by atoms with van der Waals surface area (Å²) in [4.78, 5) is 56.6. The van der Waals surface area contributed by atoms with Crippen LogP contribution in [0.1, 0.15) is 16.4 Å². The molecule has 1 aromatic heterocycles. The molecule has 2 aliphatic heterocycles. The third-order valence-electron chi connectivity index (χ3n) is 8.22. The van der Waals surface area contributed by atoms with Crippen LogP contribution in [0.4, 0.5) is 11.4 Å². The van der Waals surface area contributed by atoms with E-state index in [0.717, 1.165) is 22.1 Å². The summed E-state index contributed by atoms with van der Waals surface area (Å²) in [7, 11) is 3.09. The standard InChI is InChI=1S/C34H27N3O6S2/c1-42-21-16-14-20(15-17-21)37-31(39)28-27(23-11-5-6-13-25(23)43-2)30-33(44-29(28)32(37)40)36(34(41)45-30)18-26(38)35-24-12-7-9-19-8-3-4-10-22(19)24/h3-17,27-29H,18H2,1-2H3,(H,35,38)/t27-,28-,29+/m0/s1. The molecule has 0 unspecified atom stereocenters. The lowest BCUT2D eigenvalue weighted by Gasteiger charge is -2.31. The normalized spacial score (nSPS) is 18.9. The van der Waals surface area contributed by atoms with E-state index in [1.165, 1.54) is 21.2 Å². The molecule has 0 bridgehead atoms. The van der Waals surface area contributed by atoms with Crippen LogP contribution in [0.3, 0.4) is 0 Å². The number of fused-ring (bicyclic) bond motifs is 3. The molecule has 7 rings (SSSR count). The summed E-state index contributed by atoms with van der Waals surface area (Å²) >= 11 is 2.17. The minimum atomic E-state index is -0.816. The van der Waals surface area contributed by atoms with Crippen molar-refractivity contribution in [2.24, 2.45) is 5.92 Å². The van der Waals surface area contributed by atoms with Crippen molar-refractivity contribution >= 4 is 63.0 Å². The number of ether oxygens (including phenoxy) is 2. The van der Waals surface area contributed by atoms with E-state index in [-0.39, 0.29) is 29.1 Å². The van der Waals surface area contributed by atoms with Gasteiger partial charge in [0, 0.05) is 27.4 Å². The van der Waals surface area contributed by atoms with Crippen LogP contribution < -0.4 is 24.6 Å². The van der Waals surface area contributed by atoms with Crippen molar-refractivity contribution in [1.29, 1.82) is 0 Å². The fraction of sp³-hybridized carbons (Fsp3) is 0.176. The first-order valence-electron chi connectivity index (χ1n) is 14.2. The number of rotatable bonds is 7. The maximum Gasteiger partial charge on any atom is 0.308 e. The van der Waals surface area contributed by atoms with E-state index in [9.17, 15) is 19.2 Å². The Morgan fingerprint density at radius 3 is 2.36 bits per heavy atom. The van der Waals surface area contributed by atoms with Gasteiger partial charge < -0.3 is 14.8 Å². The Kier molecular flexibility index (Phi) is 7.42. The number of methoxy groups -OCH3 is 2. The Bertz CT molecular complexity index is 2030. The second kappa shape index (κ2) is 11.6. The number of nitrogens with zero attached hydrogens (tertiary/aromatic N) is 2. The molecule has 4 aromatic carbocycles. The number of imide groups is 1. The van der Waals surface area contributed by atoms with Crippen molar-refractivity contribution in [2.45, 2.75) is 22.7 Å². The number of amides is 3. The molecule has 2 aliphatic rings. The highest BCUT2D eigenvalue weighted by atomic mass is 32.2. The fourth-order valence-corrected chi connectivity index (χ4v) is 8.93. The van der Waals surface area contributed by atoms with Crippen molar-refractivity contribution in [3.05, 3.63) is 111 Å². The zero-order chi connectivity index (χ0) is 31.2. The van der Waals surface area contributed by atoms with Crippen LogP contribution in [0.15, 0.2) is 101 Å². The number of aromatic nitrogens is 1. The van der Waals surface area contributed by atoms with Crippen molar-refractivity contribution in [1.82, 2.24) is 4.57 Å². The largest absolute Gasteiger partial charge is 0.497 e. The Morgan fingerprint density at radius 2 is 1.58 bits per heavy atom. The smallest absolute Gasteiger partial charge is 0.308 e. The molecule has 0 radical (unpaired) electrons. The van der Waals surface area contributed by atoms with Gasteiger partial charge in [-0.1, -0.05) is 77.7 Å². The number of hydrogen-bond donors (Lipinski definition) is 1. The molecule has 45 heavy (non-hydrogen) atoms. The number of thiazole rings is 1. The maximum atomic E-state index is 14.2. The average Bonchev–Trinajstić information content (AvgIpc) is 3.51. The first kappa shape index (κ1) is 28.9. The zero-order valence-corrected chi connectivity index (χ0v) is 25.9. The van der Waals surface area contributed by atoms with Gasteiger partial charge in [-0.05, 0) is 41.8 Å². The molecule has 3 atom stereocenters. The van der Waals surface area contributed by atoms with Crippen molar-refractivity contribution < 1.29 is 23.9 Å². The highest BCUT2D eigenvalue weighted by Gasteiger charge is 2.57. The second-order valence-electron chi connectivity index (χ2n) is 10.7. The number of hydrogen-bond acceptors (Lipinski definition) is 8. The monoisotopic (exact) mass is 637 g/mol. The first-order valence-corrected chi connectivity index (χ1v) is 15.9. The van der Waals surface area contributed by atoms with Crippen molar-refractivity contribution in [3.8, 4) is 11.5 Å². The number of carbonyl (C=O) groups is 3. The summed E-state index contributed by atoms with van der Waals surface area (Å²) in [6.07, 6.45) is 0. The average molecular weight is 638 g/mol. The molecule has 1 fully saturated rings. The lowest BCUT2D eigenvalue weighted by atomic mass is 9.82. The molecule has 0 saturated carbocycles. The van der Waals surface area contributed by atoms with E-state index >= 15 is 0 Å². The Morgan fingerprint density at radius 1 is 0.844 bits per heavy atom. The maximum absolute atomic E-state index is 14.2. The fourth-order valence-electron chi connectivity index (χ4n) is 6.17. The van der Waals surface area contributed by atoms with Crippen molar-refractivity contribution in [3.63, 3.8) is 0 Å². The summed E-state index contributed by atoms with van der Waals surface area (Å²) in [6.45, 7) is -0.249. The van der Waals surface area contributed by atoms with Gasteiger partial charge in [-0.3, -0.25) is 23.7 Å². The third kappa shape index (κ3) is 4.88. The van der Waals surface area contributed by atoms with Crippen LogP contribution in [0.25, 0.3) is 10.8 Å². The molecule has 3 heterocycles. The lowest BCUT2D eigenvalue weighted by molar-refractivity contribution is -0.122. The van der Waals surface area contributed by atoms with Crippen LogP contribution in [0.5, 0.6) is 11.5 Å². The van der Waals surface area contributed by atoms with Crippen LogP contribution in [0, 0.1) is 5.92 Å². The minimum absolute atomic E-state index is 0.249. The van der Waals surface area contributed by atoms with E-state index in [1.807, 2.05) is 60.7 Å². The Hall–Kier alpha value is -4.87.